The van der Waals surface area contributed by atoms with E-state index in [4.69, 9.17) is 4.42 Å². The molecule has 0 aromatic carbocycles. The minimum atomic E-state index is 0.259. The van der Waals surface area contributed by atoms with Crippen molar-refractivity contribution >= 4 is 15.9 Å². The summed E-state index contributed by atoms with van der Waals surface area (Å²) in [5, 5.41) is 3.27. The summed E-state index contributed by atoms with van der Waals surface area (Å²) in [6.07, 6.45) is 8.03. The molecule has 2 heterocycles. The molecule has 0 aliphatic rings. The van der Waals surface area contributed by atoms with E-state index in [0.29, 0.717) is 0 Å². The predicted molar refractivity (Wildman–Crippen MR) is 66.1 cm³/mol. The molecule has 1 N–H and O–H groups in total. The molecule has 1 unspecified atom stereocenters. The zero-order valence-corrected chi connectivity index (χ0v) is 10.6. The minimum Gasteiger partial charge on any atom is -0.472 e. The molecule has 2 aromatic heterocycles. The fraction of sp³-hybridized carbons (Fsp3) is 0.250. The molecule has 2 rings (SSSR count). The van der Waals surface area contributed by atoms with Gasteiger partial charge in [0.2, 0.25) is 0 Å². The second-order valence-corrected chi connectivity index (χ2v) is 4.53. The second kappa shape index (κ2) is 5.27. The summed E-state index contributed by atoms with van der Waals surface area (Å²) >= 11 is 3.42. The monoisotopic (exact) mass is 280 g/mol. The Morgan fingerprint density at radius 3 is 3.00 bits per heavy atom. The van der Waals surface area contributed by atoms with Crippen molar-refractivity contribution in [1.82, 2.24) is 10.3 Å². The molecule has 4 heteroatoms. The van der Waals surface area contributed by atoms with Crippen LogP contribution < -0.4 is 5.32 Å². The normalized spacial score (nSPS) is 12.6. The van der Waals surface area contributed by atoms with Crippen LogP contribution in [0.2, 0.25) is 0 Å². The Morgan fingerprint density at radius 2 is 2.38 bits per heavy atom. The molecule has 0 fully saturated rings. The topological polar surface area (TPSA) is 38.1 Å². The molecule has 1 atom stereocenters. The van der Waals surface area contributed by atoms with Crippen LogP contribution in [0.25, 0.3) is 0 Å². The van der Waals surface area contributed by atoms with Gasteiger partial charge in [0.05, 0.1) is 12.5 Å². The number of nitrogens with zero attached hydrogens (tertiary/aromatic N) is 1. The molecule has 0 amide bonds. The fourth-order valence-electron chi connectivity index (χ4n) is 1.66. The molecule has 16 heavy (non-hydrogen) atoms. The summed E-state index contributed by atoms with van der Waals surface area (Å²) in [5.74, 6) is 0. The minimum absolute atomic E-state index is 0.259. The molecular weight excluding hydrogens is 268 g/mol. The van der Waals surface area contributed by atoms with Gasteiger partial charge in [-0.05, 0) is 47.1 Å². The molecule has 0 saturated carbocycles. The lowest BCUT2D eigenvalue weighted by molar-refractivity contribution is 0.542. The van der Waals surface area contributed by atoms with Crippen LogP contribution in [0, 0.1) is 0 Å². The van der Waals surface area contributed by atoms with Gasteiger partial charge in [-0.25, -0.2) is 0 Å². The Balaban J connectivity index is 2.13. The first-order chi connectivity index (χ1) is 7.79. The highest BCUT2D eigenvalue weighted by Crippen LogP contribution is 2.19. The Labute approximate surface area is 103 Å². The third-order valence-electron chi connectivity index (χ3n) is 2.50. The van der Waals surface area contributed by atoms with Gasteiger partial charge >= 0.3 is 0 Å². The Kier molecular flexibility index (Phi) is 3.74. The number of rotatable bonds is 4. The van der Waals surface area contributed by atoms with Gasteiger partial charge in [-0.15, -0.1) is 0 Å². The second-order valence-electron chi connectivity index (χ2n) is 3.61. The molecule has 3 nitrogen and oxygen atoms in total. The molecule has 0 aliphatic carbocycles. The molecule has 0 radical (unpaired) electrons. The first-order valence-corrected chi connectivity index (χ1v) is 5.87. The van der Waals surface area contributed by atoms with E-state index >= 15 is 0 Å². The van der Waals surface area contributed by atoms with Crippen molar-refractivity contribution in [3.63, 3.8) is 0 Å². The van der Waals surface area contributed by atoms with Gasteiger partial charge in [0, 0.05) is 28.5 Å². The van der Waals surface area contributed by atoms with Crippen LogP contribution in [0.3, 0.4) is 0 Å². The highest BCUT2D eigenvalue weighted by atomic mass is 79.9. The van der Waals surface area contributed by atoms with Crippen molar-refractivity contribution in [2.24, 2.45) is 0 Å². The lowest BCUT2D eigenvalue weighted by atomic mass is 10.0. The molecule has 0 bridgehead atoms. The van der Waals surface area contributed by atoms with E-state index in [0.717, 1.165) is 16.5 Å². The van der Waals surface area contributed by atoms with Crippen molar-refractivity contribution in [1.29, 1.82) is 0 Å². The van der Waals surface area contributed by atoms with E-state index in [2.05, 4.69) is 32.3 Å². The molecule has 2 aromatic rings. The molecule has 0 saturated heterocycles. The van der Waals surface area contributed by atoms with Gasteiger partial charge in [0.25, 0.3) is 0 Å². The Hall–Kier alpha value is -1.13. The Bertz CT molecular complexity index is 442. The van der Waals surface area contributed by atoms with Crippen LogP contribution in [0.15, 0.2) is 45.9 Å². The van der Waals surface area contributed by atoms with Gasteiger partial charge < -0.3 is 9.73 Å². The summed E-state index contributed by atoms with van der Waals surface area (Å²) in [7, 11) is 1.95. The number of pyridine rings is 1. The van der Waals surface area contributed by atoms with Crippen LogP contribution in [0.5, 0.6) is 0 Å². The summed E-state index contributed by atoms with van der Waals surface area (Å²) in [6, 6.07) is 4.32. The number of nitrogens with one attached hydrogen (secondary N) is 1. The van der Waals surface area contributed by atoms with Crippen LogP contribution >= 0.6 is 15.9 Å². The SMILES string of the molecule is CNC(Cc1cncc(Br)c1)c1ccoc1. The van der Waals surface area contributed by atoms with Crippen molar-refractivity contribution in [2.45, 2.75) is 12.5 Å². The summed E-state index contributed by atoms with van der Waals surface area (Å²) in [5.41, 5.74) is 2.34. The number of halogens is 1. The van der Waals surface area contributed by atoms with Crippen LogP contribution in [0.4, 0.5) is 0 Å². The summed E-state index contributed by atoms with van der Waals surface area (Å²) in [6.45, 7) is 0. The van der Waals surface area contributed by atoms with E-state index in [-0.39, 0.29) is 6.04 Å². The number of hydrogen-bond donors (Lipinski definition) is 1. The number of aromatic nitrogens is 1. The predicted octanol–water partition coefficient (Wildman–Crippen LogP) is 2.94. The van der Waals surface area contributed by atoms with Gasteiger partial charge in [-0.2, -0.15) is 0 Å². The first kappa shape index (κ1) is 11.4. The smallest absolute Gasteiger partial charge is 0.0950 e. The average molecular weight is 281 g/mol. The van der Waals surface area contributed by atoms with E-state index < -0.39 is 0 Å². The Morgan fingerprint density at radius 1 is 1.50 bits per heavy atom. The van der Waals surface area contributed by atoms with E-state index in [1.54, 1.807) is 18.7 Å². The largest absolute Gasteiger partial charge is 0.472 e. The summed E-state index contributed by atoms with van der Waals surface area (Å²) < 4.78 is 6.10. The summed E-state index contributed by atoms with van der Waals surface area (Å²) in [4.78, 5) is 4.15. The number of likely N-dealkylation sites (N-methyl/N-ethyl adjacent to an activating group) is 1. The highest BCUT2D eigenvalue weighted by molar-refractivity contribution is 9.10. The third kappa shape index (κ3) is 2.71. The van der Waals surface area contributed by atoms with E-state index in [9.17, 15) is 0 Å². The number of furan rings is 1. The molecule has 84 valence electrons. The molecule has 0 spiro atoms. The third-order valence-corrected chi connectivity index (χ3v) is 2.93. The van der Waals surface area contributed by atoms with Crippen LogP contribution in [-0.2, 0) is 6.42 Å². The van der Waals surface area contributed by atoms with E-state index in [1.165, 1.54) is 5.56 Å². The lowest BCUT2D eigenvalue weighted by Gasteiger charge is -2.14. The highest BCUT2D eigenvalue weighted by Gasteiger charge is 2.11. The van der Waals surface area contributed by atoms with Crippen LogP contribution in [-0.4, -0.2) is 12.0 Å². The number of hydrogen-bond acceptors (Lipinski definition) is 3. The van der Waals surface area contributed by atoms with E-state index in [1.807, 2.05) is 19.3 Å². The van der Waals surface area contributed by atoms with Gasteiger partial charge in [0.1, 0.15) is 0 Å². The fourth-order valence-corrected chi connectivity index (χ4v) is 2.08. The zero-order valence-electron chi connectivity index (χ0n) is 8.98. The van der Waals surface area contributed by atoms with Crippen molar-refractivity contribution in [3.05, 3.63) is 52.7 Å². The maximum atomic E-state index is 5.09. The standard InChI is InChI=1S/C12H13BrN2O/c1-14-12(10-2-3-16-8-10)5-9-4-11(13)7-15-6-9/h2-4,6-8,12,14H,5H2,1H3. The lowest BCUT2D eigenvalue weighted by Crippen LogP contribution is -2.18. The average Bonchev–Trinajstić information content (AvgIpc) is 2.79. The van der Waals surface area contributed by atoms with Gasteiger partial charge in [-0.3, -0.25) is 4.98 Å². The first-order valence-electron chi connectivity index (χ1n) is 5.08. The van der Waals surface area contributed by atoms with Crippen LogP contribution in [0.1, 0.15) is 17.2 Å². The maximum Gasteiger partial charge on any atom is 0.0950 e. The maximum absolute atomic E-state index is 5.09. The van der Waals surface area contributed by atoms with Crippen molar-refractivity contribution in [3.8, 4) is 0 Å². The van der Waals surface area contributed by atoms with Gasteiger partial charge in [-0.1, -0.05) is 0 Å². The van der Waals surface area contributed by atoms with Gasteiger partial charge in [0.15, 0.2) is 0 Å². The molecular formula is C12H13BrN2O. The quantitative estimate of drug-likeness (QED) is 0.936. The zero-order chi connectivity index (χ0) is 11.4. The van der Waals surface area contributed by atoms with Crippen molar-refractivity contribution in [2.75, 3.05) is 7.05 Å². The van der Waals surface area contributed by atoms with Crippen molar-refractivity contribution < 1.29 is 4.42 Å². The molecule has 0 aliphatic heterocycles.